The Morgan fingerprint density at radius 2 is 1.09 bits per heavy atom. The minimum Gasteiger partial charge on any atom is -0.309 e. The normalized spacial score (nSPS) is 12.3. The predicted octanol–water partition coefficient (Wildman–Crippen LogP) is 9.17. The second-order valence-corrected chi connectivity index (χ2v) is 14.9. The molecule has 2 heterocycles. The zero-order valence-corrected chi connectivity index (χ0v) is 26.1. The number of nitrogens with zero attached hydrogens (tertiary/aromatic N) is 3. The Bertz CT molecular complexity index is 2710. The van der Waals surface area contributed by atoms with Crippen LogP contribution in [0.4, 0.5) is 0 Å². The predicted molar refractivity (Wildman–Crippen MR) is 195 cm³/mol. The third kappa shape index (κ3) is 3.68. The fourth-order valence-corrected chi connectivity index (χ4v) is 10.2. The summed E-state index contributed by atoms with van der Waals surface area (Å²) in [6.45, 7) is 0. The molecule has 2 aromatic heterocycles. The summed E-state index contributed by atoms with van der Waals surface area (Å²) in [6.07, 6.45) is 0. The van der Waals surface area contributed by atoms with Crippen LogP contribution in [0, 0.1) is 0 Å². The lowest BCUT2D eigenvalue weighted by Gasteiger charge is -2.20. The van der Waals surface area contributed by atoms with Gasteiger partial charge in [0.15, 0.2) is 7.14 Å². The number of hydrogen-bond acceptors (Lipinski definition) is 3. The van der Waals surface area contributed by atoms with E-state index in [-0.39, 0.29) is 0 Å². The van der Waals surface area contributed by atoms with E-state index >= 15 is 4.57 Å². The first kappa shape index (κ1) is 26.4. The van der Waals surface area contributed by atoms with Crippen molar-refractivity contribution < 1.29 is 4.57 Å². The molecule has 0 unspecified atom stereocenters. The molecular weight excluding hydrogens is 593 g/mol. The zero-order chi connectivity index (χ0) is 31.1. The molecule has 0 amide bonds. The van der Waals surface area contributed by atoms with Crippen LogP contribution in [-0.4, -0.2) is 14.5 Å². The summed E-state index contributed by atoms with van der Waals surface area (Å²) in [4.78, 5) is 10.4. The van der Waals surface area contributed by atoms with Crippen LogP contribution in [0.2, 0.25) is 0 Å². The maximum absolute atomic E-state index is 15.1. The topological polar surface area (TPSA) is 47.8 Å². The molecule has 220 valence electrons. The van der Waals surface area contributed by atoms with E-state index in [4.69, 9.17) is 9.97 Å². The Morgan fingerprint density at radius 3 is 1.79 bits per heavy atom. The molecule has 7 aromatic carbocycles. The van der Waals surface area contributed by atoms with Crippen molar-refractivity contribution in [2.24, 2.45) is 0 Å². The first-order chi connectivity index (χ1) is 23.2. The number of rotatable bonds is 4. The fourth-order valence-electron chi connectivity index (χ4n) is 7.51. The van der Waals surface area contributed by atoms with E-state index in [1.165, 1.54) is 16.2 Å². The highest BCUT2D eigenvalue weighted by Gasteiger charge is 2.31. The molecule has 10 rings (SSSR count). The van der Waals surface area contributed by atoms with Crippen molar-refractivity contribution in [3.05, 3.63) is 158 Å². The first-order valence-electron chi connectivity index (χ1n) is 15.8. The molecule has 0 saturated carbocycles. The lowest BCUT2D eigenvalue weighted by Crippen LogP contribution is -2.24. The van der Waals surface area contributed by atoms with Crippen molar-refractivity contribution in [1.82, 2.24) is 14.5 Å². The maximum Gasteiger partial charge on any atom is 0.171 e. The van der Waals surface area contributed by atoms with E-state index in [0.717, 1.165) is 71.6 Å². The SMILES string of the molecule is O=P(c1ccccc1)(c1ccccc1)c1ccc(-n2c3ccccc3c3c4c5c(cccc5cc32)-c2nc3ccccc3nc2-4)cc1. The van der Waals surface area contributed by atoms with Gasteiger partial charge in [-0.15, -0.1) is 0 Å². The maximum atomic E-state index is 15.1. The number of para-hydroxylation sites is 3. The summed E-state index contributed by atoms with van der Waals surface area (Å²) < 4.78 is 17.4. The van der Waals surface area contributed by atoms with Crippen molar-refractivity contribution in [2.75, 3.05) is 0 Å². The summed E-state index contributed by atoms with van der Waals surface area (Å²) in [6, 6.07) is 53.5. The molecule has 0 spiro atoms. The smallest absolute Gasteiger partial charge is 0.171 e. The Morgan fingerprint density at radius 1 is 0.489 bits per heavy atom. The Labute approximate surface area is 271 Å². The summed E-state index contributed by atoms with van der Waals surface area (Å²) in [5.74, 6) is 0. The van der Waals surface area contributed by atoms with Gasteiger partial charge in [-0.05, 0) is 53.9 Å². The van der Waals surface area contributed by atoms with Gasteiger partial charge in [0.05, 0.1) is 33.5 Å². The van der Waals surface area contributed by atoms with Gasteiger partial charge in [0, 0.05) is 48.9 Å². The van der Waals surface area contributed by atoms with Crippen molar-refractivity contribution in [3.8, 4) is 28.2 Å². The molecule has 0 atom stereocenters. The Kier molecular flexibility index (Phi) is 5.52. The summed E-state index contributed by atoms with van der Waals surface area (Å²) in [5.41, 5.74) is 9.18. The van der Waals surface area contributed by atoms with Gasteiger partial charge < -0.3 is 9.13 Å². The van der Waals surface area contributed by atoms with Crippen molar-refractivity contribution in [3.63, 3.8) is 0 Å². The van der Waals surface area contributed by atoms with Gasteiger partial charge in [0.1, 0.15) is 0 Å². The molecule has 1 aliphatic rings. The average Bonchev–Trinajstić information content (AvgIpc) is 3.64. The quantitative estimate of drug-likeness (QED) is 0.185. The molecule has 5 heteroatoms. The Balaban J connectivity index is 1.24. The van der Waals surface area contributed by atoms with E-state index in [9.17, 15) is 0 Å². The third-order valence-electron chi connectivity index (χ3n) is 9.57. The van der Waals surface area contributed by atoms with Crippen LogP contribution in [0.5, 0.6) is 0 Å². The Hall–Kier alpha value is -5.83. The highest BCUT2D eigenvalue weighted by atomic mass is 31.2. The van der Waals surface area contributed by atoms with Gasteiger partial charge in [0.2, 0.25) is 0 Å². The molecule has 1 aliphatic carbocycles. The van der Waals surface area contributed by atoms with Crippen LogP contribution >= 0.6 is 7.14 Å². The van der Waals surface area contributed by atoms with Crippen molar-refractivity contribution in [1.29, 1.82) is 0 Å². The minimum atomic E-state index is -3.09. The molecular formula is C42H26N3OP. The zero-order valence-electron chi connectivity index (χ0n) is 25.2. The van der Waals surface area contributed by atoms with Gasteiger partial charge in [-0.2, -0.15) is 0 Å². The van der Waals surface area contributed by atoms with E-state index in [1.54, 1.807) is 0 Å². The average molecular weight is 620 g/mol. The van der Waals surface area contributed by atoms with Crippen LogP contribution in [0.3, 0.4) is 0 Å². The second-order valence-electron chi connectivity index (χ2n) is 12.1. The van der Waals surface area contributed by atoms with Crippen LogP contribution < -0.4 is 15.9 Å². The first-order valence-corrected chi connectivity index (χ1v) is 17.5. The van der Waals surface area contributed by atoms with Gasteiger partial charge >= 0.3 is 0 Å². The highest BCUT2D eigenvalue weighted by molar-refractivity contribution is 7.85. The number of benzene rings is 7. The standard InChI is InChI=1S/C42H26N3OP/c46-47(29-13-3-1-4-14-29,30-15-5-2-6-16-30)31-24-22-28(23-25-31)45-36-21-10-7-17-32(36)39-37(45)26-27-12-11-18-33-38(27)40(39)42-41(33)43-34-19-8-9-20-35(34)44-42/h1-26H. The molecule has 0 saturated heterocycles. The molecule has 0 bridgehead atoms. The molecule has 0 radical (unpaired) electrons. The van der Waals surface area contributed by atoms with E-state index in [1.807, 2.05) is 97.1 Å². The highest BCUT2D eigenvalue weighted by Crippen LogP contribution is 2.52. The van der Waals surface area contributed by atoms with Gasteiger partial charge in [-0.3, -0.25) is 0 Å². The van der Waals surface area contributed by atoms with Crippen LogP contribution in [0.15, 0.2) is 158 Å². The second kappa shape index (κ2) is 9.83. The lowest BCUT2D eigenvalue weighted by molar-refractivity contribution is 0.592. The van der Waals surface area contributed by atoms with Crippen molar-refractivity contribution in [2.45, 2.75) is 0 Å². The summed E-state index contributed by atoms with van der Waals surface area (Å²) in [7, 11) is -3.09. The molecule has 0 fully saturated rings. The third-order valence-corrected chi connectivity index (χ3v) is 12.6. The molecule has 4 nitrogen and oxygen atoms in total. The molecule has 9 aromatic rings. The van der Waals surface area contributed by atoms with Crippen LogP contribution in [-0.2, 0) is 4.57 Å². The number of hydrogen-bond donors (Lipinski definition) is 0. The van der Waals surface area contributed by atoms with E-state index in [0.29, 0.717) is 0 Å². The van der Waals surface area contributed by atoms with E-state index < -0.39 is 7.14 Å². The monoisotopic (exact) mass is 619 g/mol. The van der Waals surface area contributed by atoms with E-state index in [2.05, 4.69) is 65.2 Å². The number of aromatic nitrogens is 3. The molecule has 0 N–H and O–H groups in total. The van der Waals surface area contributed by atoms with Crippen molar-refractivity contribution >= 4 is 66.7 Å². The summed E-state index contributed by atoms with van der Waals surface area (Å²) in [5, 5.41) is 7.17. The largest absolute Gasteiger partial charge is 0.309 e. The number of fused-ring (bicyclic) bond motifs is 8. The van der Waals surface area contributed by atoms with Gasteiger partial charge in [-0.25, -0.2) is 9.97 Å². The summed E-state index contributed by atoms with van der Waals surface area (Å²) >= 11 is 0. The molecule has 47 heavy (non-hydrogen) atoms. The van der Waals surface area contributed by atoms with Crippen LogP contribution in [0.25, 0.3) is 71.8 Å². The van der Waals surface area contributed by atoms with Crippen LogP contribution in [0.1, 0.15) is 0 Å². The van der Waals surface area contributed by atoms with Gasteiger partial charge in [-0.1, -0.05) is 109 Å². The fraction of sp³-hybridized carbons (Fsp3) is 0. The minimum absolute atomic E-state index is 0.809. The van der Waals surface area contributed by atoms with Gasteiger partial charge in [0.25, 0.3) is 0 Å². The lowest BCUT2D eigenvalue weighted by atomic mass is 9.99. The molecule has 0 aliphatic heterocycles.